The first-order valence-electron chi connectivity index (χ1n) is 8.26. The molecule has 1 aliphatic carbocycles. The molecule has 0 aliphatic heterocycles. The largest absolute Gasteiger partial charge is 0.456 e. The minimum absolute atomic E-state index is 0.0423. The van der Waals surface area contributed by atoms with Crippen molar-refractivity contribution in [3.8, 4) is 5.75 Å². The molecule has 1 aromatic rings. The lowest BCUT2D eigenvalue weighted by Gasteiger charge is -2.31. The van der Waals surface area contributed by atoms with Gasteiger partial charge < -0.3 is 9.47 Å². The van der Waals surface area contributed by atoms with Crippen molar-refractivity contribution in [2.24, 2.45) is 0 Å². The quantitative estimate of drug-likeness (QED) is 0.454. The zero-order valence-corrected chi connectivity index (χ0v) is 14.6. The minimum Gasteiger partial charge on any atom is -0.456 e. The number of esters is 2. The van der Waals surface area contributed by atoms with E-state index in [1.54, 1.807) is 26.0 Å². The molecule has 0 saturated heterocycles. The summed E-state index contributed by atoms with van der Waals surface area (Å²) >= 11 is 0. The van der Waals surface area contributed by atoms with Gasteiger partial charge in [-0.3, -0.25) is 0 Å². The predicted molar refractivity (Wildman–Crippen MR) is 93.1 cm³/mol. The van der Waals surface area contributed by atoms with Crippen molar-refractivity contribution in [1.29, 1.82) is 0 Å². The normalized spacial score (nSPS) is 22.8. The molecule has 0 N–H and O–H groups in total. The van der Waals surface area contributed by atoms with E-state index in [-0.39, 0.29) is 11.5 Å². The van der Waals surface area contributed by atoms with Crippen molar-refractivity contribution in [2.45, 2.75) is 51.3 Å². The molecule has 2 unspecified atom stereocenters. The smallest absolute Gasteiger partial charge is 0.338 e. The molecule has 0 radical (unpaired) electrons. The van der Waals surface area contributed by atoms with E-state index in [2.05, 4.69) is 13.2 Å². The van der Waals surface area contributed by atoms with Crippen LogP contribution in [-0.2, 0) is 14.3 Å². The van der Waals surface area contributed by atoms with Gasteiger partial charge in [0.15, 0.2) is 0 Å². The van der Waals surface area contributed by atoms with Gasteiger partial charge in [-0.15, -0.1) is 0 Å². The van der Waals surface area contributed by atoms with E-state index in [0.29, 0.717) is 24.2 Å². The number of benzene rings is 1. The van der Waals surface area contributed by atoms with Crippen LogP contribution in [0.5, 0.6) is 5.75 Å². The van der Waals surface area contributed by atoms with Crippen LogP contribution in [0.3, 0.4) is 0 Å². The van der Waals surface area contributed by atoms with Crippen molar-refractivity contribution < 1.29 is 23.5 Å². The monoisotopic (exact) mass is 346 g/mol. The topological polar surface area (TPSA) is 52.6 Å². The van der Waals surface area contributed by atoms with Crippen LogP contribution in [0, 0.1) is 0 Å². The molecule has 0 heterocycles. The second-order valence-corrected chi connectivity index (χ2v) is 6.49. The van der Waals surface area contributed by atoms with Gasteiger partial charge in [0.25, 0.3) is 0 Å². The third-order valence-electron chi connectivity index (χ3n) is 4.23. The average Bonchev–Trinajstić information content (AvgIpc) is 2.57. The van der Waals surface area contributed by atoms with E-state index < -0.39 is 24.2 Å². The third kappa shape index (κ3) is 5.02. The van der Waals surface area contributed by atoms with Crippen molar-refractivity contribution in [1.82, 2.24) is 0 Å². The highest BCUT2D eigenvalue weighted by Crippen LogP contribution is 2.36. The standard InChI is InChI=1S/C20H23FO4/c1-12(2)19(22)24-16-8-5-14(6-9-16)15-7-10-18(17(21)11-15)25-20(23)13(3)4/h5-6,8-9,15,17-18H,1,3,7,10-11H2,2,4H3/t15-,17?,18?/m1/s1. The van der Waals surface area contributed by atoms with Gasteiger partial charge in [0, 0.05) is 11.1 Å². The molecule has 1 fully saturated rings. The molecule has 0 aromatic heterocycles. The molecular weight excluding hydrogens is 323 g/mol. The summed E-state index contributed by atoms with van der Waals surface area (Å²) in [6, 6.07) is 7.05. The van der Waals surface area contributed by atoms with E-state index in [1.165, 1.54) is 0 Å². The molecule has 0 amide bonds. The first kappa shape index (κ1) is 18.9. The number of rotatable bonds is 5. The van der Waals surface area contributed by atoms with Gasteiger partial charge in [-0.1, -0.05) is 25.3 Å². The number of carbonyl (C=O) groups is 2. The lowest BCUT2D eigenvalue weighted by molar-refractivity contribution is -0.149. The molecule has 2 rings (SSSR count). The summed E-state index contributed by atoms with van der Waals surface area (Å²) in [6.07, 6.45) is -0.436. The maximum Gasteiger partial charge on any atom is 0.338 e. The van der Waals surface area contributed by atoms with Gasteiger partial charge in [0.2, 0.25) is 0 Å². The third-order valence-corrected chi connectivity index (χ3v) is 4.23. The Labute approximate surface area is 147 Å². The Morgan fingerprint density at radius 3 is 2.16 bits per heavy atom. The Morgan fingerprint density at radius 2 is 1.64 bits per heavy atom. The second-order valence-electron chi connectivity index (χ2n) is 6.49. The SMILES string of the molecule is C=C(C)C(=O)Oc1ccc([C@@H]2CCC(OC(=O)C(=C)C)C(F)C2)cc1. The molecule has 0 bridgehead atoms. The van der Waals surface area contributed by atoms with Crippen LogP contribution < -0.4 is 4.74 Å². The molecule has 5 heteroatoms. The molecule has 3 atom stereocenters. The molecule has 0 spiro atoms. The fraction of sp³-hybridized carbons (Fsp3) is 0.400. The minimum atomic E-state index is -1.21. The average molecular weight is 346 g/mol. The lowest BCUT2D eigenvalue weighted by Crippen LogP contribution is -2.34. The number of ether oxygens (including phenoxy) is 2. The van der Waals surface area contributed by atoms with Gasteiger partial charge in [0.1, 0.15) is 18.0 Å². The van der Waals surface area contributed by atoms with E-state index in [4.69, 9.17) is 9.47 Å². The van der Waals surface area contributed by atoms with Gasteiger partial charge in [0.05, 0.1) is 0 Å². The van der Waals surface area contributed by atoms with Crippen molar-refractivity contribution in [3.63, 3.8) is 0 Å². The molecule has 4 nitrogen and oxygen atoms in total. The Hall–Kier alpha value is -2.43. The fourth-order valence-corrected chi connectivity index (χ4v) is 2.76. The number of hydrogen-bond donors (Lipinski definition) is 0. The molecule has 1 aromatic carbocycles. The Balaban J connectivity index is 1.95. The molecular formula is C20H23FO4. The summed E-state index contributed by atoms with van der Waals surface area (Å²) in [5.41, 5.74) is 1.57. The van der Waals surface area contributed by atoms with Gasteiger partial charge >= 0.3 is 11.9 Å². The van der Waals surface area contributed by atoms with Crippen molar-refractivity contribution >= 4 is 11.9 Å². The summed E-state index contributed by atoms with van der Waals surface area (Å²) in [5, 5.41) is 0. The van der Waals surface area contributed by atoms with Gasteiger partial charge in [-0.25, -0.2) is 14.0 Å². The number of alkyl halides is 1. The number of carbonyl (C=O) groups excluding carboxylic acids is 2. The second kappa shape index (κ2) is 8.10. The Morgan fingerprint density at radius 1 is 1.04 bits per heavy atom. The van der Waals surface area contributed by atoms with Crippen LogP contribution in [0.2, 0.25) is 0 Å². The summed E-state index contributed by atoms with van der Waals surface area (Å²) in [6.45, 7) is 10.2. The maximum atomic E-state index is 14.4. The van der Waals surface area contributed by atoms with Crippen LogP contribution in [0.25, 0.3) is 0 Å². The highest BCUT2D eigenvalue weighted by atomic mass is 19.1. The van der Waals surface area contributed by atoms with Crippen molar-refractivity contribution in [3.05, 3.63) is 54.1 Å². The summed E-state index contributed by atoms with van der Waals surface area (Å²) < 4.78 is 24.7. The van der Waals surface area contributed by atoms with E-state index in [9.17, 15) is 14.0 Å². The highest BCUT2D eigenvalue weighted by molar-refractivity contribution is 5.88. The van der Waals surface area contributed by atoms with E-state index in [1.807, 2.05) is 12.1 Å². The highest BCUT2D eigenvalue weighted by Gasteiger charge is 2.33. The zero-order chi connectivity index (χ0) is 18.6. The van der Waals surface area contributed by atoms with Crippen molar-refractivity contribution in [2.75, 3.05) is 0 Å². The maximum absolute atomic E-state index is 14.4. The number of hydrogen-bond acceptors (Lipinski definition) is 4. The summed E-state index contributed by atoms with van der Waals surface area (Å²) in [5.74, 6) is -0.551. The lowest BCUT2D eigenvalue weighted by atomic mass is 9.81. The zero-order valence-electron chi connectivity index (χ0n) is 14.6. The Bertz CT molecular complexity index is 677. The first-order valence-corrected chi connectivity index (χ1v) is 8.26. The molecule has 1 aliphatic rings. The van der Waals surface area contributed by atoms with E-state index in [0.717, 1.165) is 12.0 Å². The van der Waals surface area contributed by atoms with Crippen LogP contribution >= 0.6 is 0 Å². The summed E-state index contributed by atoms with van der Waals surface area (Å²) in [4.78, 5) is 23.0. The Kier molecular flexibility index (Phi) is 6.12. The van der Waals surface area contributed by atoms with Crippen LogP contribution in [-0.4, -0.2) is 24.2 Å². The van der Waals surface area contributed by atoms with Crippen LogP contribution in [0.4, 0.5) is 4.39 Å². The van der Waals surface area contributed by atoms with E-state index >= 15 is 0 Å². The number of halogens is 1. The first-order chi connectivity index (χ1) is 11.8. The molecule has 134 valence electrons. The van der Waals surface area contributed by atoms with Crippen LogP contribution in [0.1, 0.15) is 44.6 Å². The summed E-state index contributed by atoms with van der Waals surface area (Å²) in [7, 11) is 0. The molecule has 1 saturated carbocycles. The fourth-order valence-electron chi connectivity index (χ4n) is 2.76. The van der Waals surface area contributed by atoms with Gasteiger partial charge in [-0.05, 0) is 56.7 Å². The molecule has 25 heavy (non-hydrogen) atoms. The predicted octanol–water partition coefficient (Wildman–Crippen LogP) is 4.26. The van der Waals surface area contributed by atoms with Crippen LogP contribution in [0.15, 0.2) is 48.6 Å². The van der Waals surface area contributed by atoms with Gasteiger partial charge in [-0.2, -0.15) is 0 Å².